The zero-order valence-corrected chi connectivity index (χ0v) is 24.6. The van der Waals surface area contributed by atoms with Gasteiger partial charge in [0.05, 0.1) is 16.9 Å². The third kappa shape index (κ3) is 3.60. The number of aromatic nitrogens is 3. The van der Waals surface area contributed by atoms with Gasteiger partial charge in [0, 0.05) is 32.7 Å². The maximum atomic E-state index is 6.46. The second kappa shape index (κ2) is 9.58. The highest BCUT2D eigenvalue weighted by atomic mass is 16.3. The van der Waals surface area contributed by atoms with Gasteiger partial charge in [0.1, 0.15) is 11.2 Å². The summed E-state index contributed by atoms with van der Waals surface area (Å²) < 4.78 is 6.46. The minimum Gasteiger partial charge on any atom is -0.455 e. The van der Waals surface area contributed by atoms with Crippen LogP contribution in [0.3, 0.4) is 0 Å². The largest absolute Gasteiger partial charge is 0.455 e. The molecular formula is C41H24N4O. The van der Waals surface area contributed by atoms with Crippen LogP contribution >= 0.6 is 0 Å². The molecule has 7 aromatic carbocycles. The quantitative estimate of drug-likeness (QED) is 0.205. The molecule has 0 atom stereocenters. The van der Waals surface area contributed by atoms with Crippen molar-refractivity contribution in [3.63, 3.8) is 0 Å². The predicted octanol–water partition coefficient (Wildman–Crippen LogP) is 10.9. The maximum absolute atomic E-state index is 6.46. The van der Waals surface area contributed by atoms with Crippen molar-refractivity contribution in [1.29, 1.82) is 0 Å². The van der Waals surface area contributed by atoms with E-state index in [1.807, 2.05) is 60.7 Å². The van der Waals surface area contributed by atoms with Gasteiger partial charge in [-0.2, -0.15) is 9.97 Å². The highest BCUT2D eigenvalue weighted by Gasteiger charge is 2.30. The van der Waals surface area contributed by atoms with Gasteiger partial charge in [-0.05, 0) is 34.5 Å². The summed E-state index contributed by atoms with van der Waals surface area (Å²) in [5.74, 6) is 1.71. The molecule has 0 fully saturated rings. The van der Waals surface area contributed by atoms with Gasteiger partial charge in [-0.3, -0.25) is 4.90 Å². The average molecular weight is 589 g/mol. The van der Waals surface area contributed by atoms with Crippen LogP contribution < -0.4 is 4.90 Å². The van der Waals surface area contributed by atoms with E-state index in [9.17, 15) is 0 Å². The molecule has 5 nitrogen and oxygen atoms in total. The fraction of sp³-hybridized carbons (Fsp3) is 0. The first-order chi connectivity index (χ1) is 22.8. The number of fused-ring (bicyclic) bond motifs is 7. The van der Waals surface area contributed by atoms with Crippen molar-refractivity contribution in [2.75, 3.05) is 4.90 Å². The summed E-state index contributed by atoms with van der Waals surface area (Å²) in [6.07, 6.45) is 0. The summed E-state index contributed by atoms with van der Waals surface area (Å²) in [6.45, 7) is 0. The summed E-state index contributed by atoms with van der Waals surface area (Å²) in [6, 6.07) is 50.3. The number of furan rings is 1. The van der Waals surface area contributed by atoms with Crippen LogP contribution in [-0.2, 0) is 0 Å². The minimum atomic E-state index is 0.552. The predicted molar refractivity (Wildman–Crippen MR) is 187 cm³/mol. The molecule has 5 heteroatoms. The minimum absolute atomic E-state index is 0.552. The first kappa shape index (κ1) is 25.0. The van der Waals surface area contributed by atoms with Crippen LogP contribution in [0.5, 0.6) is 0 Å². The van der Waals surface area contributed by atoms with Crippen molar-refractivity contribution in [2.45, 2.75) is 0 Å². The van der Waals surface area contributed by atoms with Gasteiger partial charge in [0.25, 0.3) is 0 Å². The standard InChI is InChI=1S/C41H24N4O/c1-2-12-27(13-3-1)39-42-40(33-20-10-19-32-29-17-6-7-22-35(29)46-38(32)33)44-41(43-39)45-34-21-9-15-26-14-8-18-30(36(26)34)31-24-23-25-11-4-5-16-28(25)37(31)45/h1-24H. The lowest BCUT2D eigenvalue weighted by Crippen LogP contribution is -2.19. The summed E-state index contributed by atoms with van der Waals surface area (Å²) >= 11 is 0. The van der Waals surface area contributed by atoms with Gasteiger partial charge < -0.3 is 4.42 Å². The molecule has 9 aromatic rings. The molecule has 1 aliphatic heterocycles. The van der Waals surface area contributed by atoms with Crippen molar-refractivity contribution in [3.8, 4) is 33.9 Å². The second-order valence-electron chi connectivity index (χ2n) is 11.6. The Kier molecular flexibility index (Phi) is 5.22. The number of rotatable bonds is 3. The van der Waals surface area contributed by atoms with Crippen LogP contribution in [0.2, 0.25) is 0 Å². The van der Waals surface area contributed by atoms with E-state index < -0.39 is 0 Å². The Balaban J connectivity index is 1.32. The molecule has 0 saturated carbocycles. The van der Waals surface area contributed by atoms with Crippen LogP contribution in [0.4, 0.5) is 17.3 Å². The van der Waals surface area contributed by atoms with Gasteiger partial charge in [-0.25, -0.2) is 4.98 Å². The number of para-hydroxylation sites is 2. The van der Waals surface area contributed by atoms with Crippen molar-refractivity contribution < 1.29 is 4.42 Å². The normalized spacial score (nSPS) is 12.3. The summed E-state index contributed by atoms with van der Waals surface area (Å²) in [4.78, 5) is 17.8. The Bertz CT molecular complexity index is 2650. The van der Waals surface area contributed by atoms with E-state index >= 15 is 0 Å². The molecule has 0 saturated heterocycles. The van der Waals surface area contributed by atoms with Gasteiger partial charge in [0.2, 0.25) is 5.95 Å². The van der Waals surface area contributed by atoms with Crippen LogP contribution in [-0.4, -0.2) is 15.0 Å². The lowest BCUT2D eigenvalue weighted by atomic mass is 9.89. The summed E-state index contributed by atoms with van der Waals surface area (Å²) in [5, 5.41) is 6.73. The van der Waals surface area contributed by atoms with Gasteiger partial charge in [0.15, 0.2) is 11.6 Å². The summed E-state index contributed by atoms with van der Waals surface area (Å²) in [7, 11) is 0. The molecule has 0 unspecified atom stereocenters. The van der Waals surface area contributed by atoms with Crippen molar-refractivity contribution in [2.24, 2.45) is 0 Å². The van der Waals surface area contributed by atoms with E-state index in [0.717, 1.165) is 60.8 Å². The molecule has 1 aliphatic rings. The number of hydrogen-bond acceptors (Lipinski definition) is 5. The third-order valence-corrected chi connectivity index (χ3v) is 9.04. The SMILES string of the molecule is c1ccc(-c2nc(-c3cccc4c3oc3ccccc34)nc(N3c4c(ccc5ccccc45)-c4cccc5cccc3c45)n2)cc1. The van der Waals surface area contributed by atoms with Gasteiger partial charge in [-0.15, -0.1) is 0 Å². The number of anilines is 3. The van der Waals surface area contributed by atoms with E-state index in [2.05, 4.69) is 89.8 Å². The molecule has 0 amide bonds. The Morgan fingerprint density at radius 2 is 1.15 bits per heavy atom. The molecule has 0 bridgehead atoms. The lowest BCUT2D eigenvalue weighted by molar-refractivity contribution is 0.669. The third-order valence-electron chi connectivity index (χ3n) is 9.04. The Hall–Kier alpha value is -6.33. The fourth-order valence-electron chi connectivity index (χ4n) is 7.00. The molecule has 0 aliphatic carbocycles. The first-order valence-electron chi connectivity index (χ1n) is 15.4. The van der Waals surface area contributed by atoms with E-state index in [-0.39, 0.29) is 0 Å². The van der Waals surface area contributed by atoms with E-state index in [1.54, 1.807) is 0 Å². The van der Waals surface area contributed by atoms with Gasteiger partial charge in [-0.1, -0.05) is 127 Å². The fourth-order valence-corrected chi connectivity index (χ4v) is 7.00. The van der Waals surface area contributed by atoms with E-state index in [4.69, 9.17) is 19.4 Å². The Morgan fingerprint density at radius 1 is 0.457 bits per heavy atom. The molecule has 46 heavy (non-hydrogen) atoms. The molecule has 0 radical (unpaired) electrons. The molecule has 10 rings (SSSR count). The molecule has 214 valence electrons. The topological polar surface area (TPSA) is 55.1 Å². The second-order valence-corrected chi connectivity index (χ2v) is 11.6. The average Bonchev–Trinajstić information content (AvgIpc) is 3.51. The highest BCUT2D eigenvalue weighted by Crippen LogP contribution is 2.52. The van der Waals surface area contributed by atoms with Gasteiger partial charge >= 0.3 is 0 Å². The van der Waals surface area contributed by atoms with Crippen LogP contribution in [0, 0.1) is 0 Å². The lowest BCUT2D eigenvalue weighted by Gasteiger charge is -2.33. The molecule has 0 spiro atoms. The monoisotopic (exact) mass is 588 g/mol. The van der Waals surface area contributed by atoms with Crippen molar-refractivity contribution >= 4 is 60.8 Å². The maximum Gasteiger partial charge on any atom is 0.238 e. The Morgan fingerprint density at radius 3 is 2.07 bits per heavy atom. The highest BCUT2D eigenvalue weighted by molar-refractivity contribution is 6.18. The Labute approximate surface area is 264 Å². The smallest absolute Gasteiger partial charge is 0.238 e. The van der Waals surface area contributed by atoms with E-state index in [1.165, 1.54) is 16.3 Å². The number of nitrogens with zero attached hydrogens (tertiary/aromatic N) is 4. The van der Waals surface area contributed by atoms with E-state index in [0.29, 0.717) is 17.6 Å². The molecule has 3 heterocycles. The molecular weight excluding hydrogens is 564 g/mol. The van der Waals surface area contributed by atoms with Crippen molar-refractivity contribution in [1.82, 2.24) is 15.0 Å². The summed E-state index contributed by atoms with van der Waals surface area (Å²) in [5.41, 5.74) is 7.78. The van der Waals surface area contributed by atoms with Crippen LogP contribution in [0.1, 0.15) is 0 Å². The van der Waals surface area contributed by atoms with Crippen LogP contribution in [0.15, 0.2) is 150 Å². The van der Waals surface area contributed by atoms with Crippen molar-refractivity contribution in [3.05, 3.63) is 146 Å². The first-order valence-corrected chi connectivity index (χ1v) is 15.4. The molecule has 0 N–H and O–H groups in total. The van der Waals surface area contributed by atoms with Crippen LogP contribution in [0.25, 0.3) is 77.4 Å². The molecule has 2 aromatic heterocycles. The number of benzene rings is 7. The zero-order chi connectivity index (χ0) is 30.2. The zero-order valence-electron chi connectivity index (χ0n) is 24.6. The number of hydrogen-bond donors (Lipinski definition) is 0.